The third kappa shape index (κ3) is 0.211. The first kappa shape index (κ1) is 3.71. The molecule has 0 bridgehead atoms. The van der Waals surface area contributed by atoms with Crippen LogP contribution in [0.1, 0.15) is 25.7 Å². The van der Waals surface area contributed by atoms with E-state index in [1.165, 1.54) is 25.7 Å². The van der Waals surface area contributed by atoms with Gasteiger partial charge < -0.3 is 0 Å². The summed E-state index contributed by atoms with van der Waals surface area (Å²) in [7, 11) is 0. The Bertz CT molecular complexity index is 172. The molecule has 0 aromatic carbocycles. The first-order valence-corrected chi connectivity index (χ1v) is 3.63. The van der Waals surface area contributed by atoms with Crippen molar-refractivity contribution >= 4 is 0 Å². The molecule has 0 N–H and O–H groups in total. The van der Waals surface area contributed by atoms with Crippen molar-refractivity contribution in [3.63, 3.8) is 0 Å². The van der Waals surface area contributed by atoms with Gasteiger partial charge in [0.15, 0.2) is 0 Å². The lowest BCUT2D eigenvalue weighted by atomic mass is 9.56. The van der Waals surface area contributed by atoms with E-state index in [1.807, 2.05) is 5.57 Å². The molecule has 0 aliphatic heterocycles. The summed E-state index contributed by atoms with van der Waals surface area (Å²) in [5.74, 6) is 1.02. The maximum absolute atomic E-state index is 2.47. The molecule has 1 unspecified atom stereocenters. The van der Waals surface area contributed by atoms with Crippen LogP contribution in [0.25, 0.3) is 0 Å². The van der Waals surface area contributed by atoms with Gasteiger partial charge in [-0.2, -0.15) is 0 Å². The molecule has 0 radical (unpaired) electrons. The normalized spacial score (nSPS) is 44.0. The molecule has 0 aromatic rings. The highest BCUT2D eigenvalue weighted by atomic mass is 14.6. The van der Waals surface area contributed by atoms with Gasteiger partial charge in [-0.25, -0.2) is 0 Å². The quantitative estimate of drug-likeness (QED) is 0.415. The molecule has 8 heavy (non-hydrogen) atoms. The maximum atomic E-state index is 2.47. The van der Waals surface area contributed by atoms with Crippen LogP contribution in [0.2, 0.25) is 0 Å². The molecule has 2 saturated carbocycles. The minimum atomic E-state index is 0.838. The number of hydrogen-bond acceptors (Lipinski definition) is 0. The van der Waals surface area contributed by atoms with Gasteiger partial charge in [-0.1, -0.05) is 18.1 Å². The summed E-state index contributed by atoms with van der Waals surface area (Å²) in [6.45, 7) is 0. The summed E-state index contributed by atoms with van der Waals surface area (Å²) in [5, 5.41) is 0. The predicted octanol–water partition coefficient (Wildman–Crippen LogP) is 2.12. The van der Waals surface area contributed by atoms with E-state index >= 15 is 0 Å². The number of rotatable bonds is 0. The lowest BCUT2D eigenvalue weighted by Crippen LogP contribution is -2.37. The molecule has 3 rings (SSSR count). The average Bonchev–Trinajstić information content (AvgIpc) is 2.10. The van der Waals surface area contributed by atoms with Crippen LogP contribution < -0.4 is 0 Å². The summed E-state index contributed by atoms with van der Waals surface area (Å²) in [6.07, 6.45) is 8.55. The second-order valence-corrected chi connectivity index (χ2v) is 3.57. The second kappa shape index (κ2) is 0.792. The molecule has 0 nitrogen and oxygen atoms in total. The predicted molar refractivity (Wildman–Crippen MR) is 32.5 cm³/mol. The van der Waals surface area contributed by atoms with Gasteiger partial charge in [0.1, 0.15) is 0 Å². The van der Waals surface area contributed by atoms with E-state index in [0.717, 1.165) is 11.3 Å². The Morgan fingerprint density at radius 2 is 2.38 bits per heavy atom. The fourth-order valence-electron chi connectivity index (χ4n) is 2.41. The van der Waals surface area contributed by atoms with Crippen molar-refractivity contribution < 1.29 is 0 Å². The van der Waals surface area contributed by atoms with E-state index in [9.17, 15) is 0 Å². The third-order valence-corrected chi connectivity index (χ3v) is 3.20. The Morgan fingerprint density at radius 3 is 2.50 bits per heavy atom. The highest BCUT2D eigenvalue weighted by Gasteiger charge is 2.58. The zero-order valence-electron chi connectivity index (χ0n) is 4.98. The van der Waals surface area contributed by atoms with Crippen LogP contribution in [0.4, 0.5) is 0 Å². The monoisotopic (exact) mass is 106 g/mol. The molecule has 0 heterocycles. The van der Waals surface area contributed by atoms with E-state index in [0.29, 0.717) is 0 Å². The lowest BCUT2D eigenvalue weighted by molar-refractivity contribution is 0.113. The van der Waals surface area contributed by atoms with Crippen LogP contribution in [-0.4, -0.2) is 0 Å². The van der Waals surface area contributed by atoms with Gasteiger partial charge in [-0.3, -0.25) is 0 Å². The van der Waals surface area contributed by atoms with E-state index < -0.39 is 0 Å². The highest BCUT2D eigenvalue weighted by molar-refractivity contribution is 5.46. The zero-order valence-corrected chi connectivity index (χ0v) is 4.98. The van der Waals surface area contributed by atoms with Gasteiger partial charge in [0.05, 0.1) is 0 Å². The Hall–Kier alpha value is -0.260. The van der Waals surface area contributed by atoms with Crippen LogP contribution >= 0.6 is 0 Å². The van der Waals surface area contributed by atoms with E-state index in [-0.39, 0.29) is 0 Å². The van der Waals surface area contributed by atoms with Crippen molar-refractivity contribution in [1.82, 2.24) is 0 Å². The summed E-state index contributed by atoms with van der Waals surface area (Å²) >= 11 is 0. The van der Waals surface area contributed by atoms with Gasteiger partial charge in [0, 0.05) is 0 Å². The Kier molecular flexibility index (Phi) is 0.367. The van der Waals surface area contributed by atoms with Crippen LogP contribution in [-0.2, 0) is 0 Å². The molecule has 0 saturated heterocycles. The Labute approximate surface area is 49.6 Å². The molecule has 3 aliphatic carbocycles. The molecule has 2 fully saturated rings. The number of hydrogen-bond donors (Lipinski definition) is 0. The SMILES string of the molecule is C1=C2C1CC21CCC1. The van der Waals surface area contributed by atoms with Gasteiger partial charge in [0.2, 0.25) is 0 Å². The molecule has 0 heteroatoms. The Morgan fingerprint density at radius 1 is 1.50 bits per heavy atom. The molecule has 42 valence electrons. The molecular formula is C8H10. The number of fused-ring (bicyclic) bond motifs is 2. The van der Waals surface area contributed by atoms with Crippen molar-refractivity contribution in [3.05, 3.63) is 11.6 Å². The van der Waals surface area contributed by atoms with Gasteiger partial charge in [0.25, 0.3) is 0 Å². The number of allylic oxidation sites excluding steroid dienone is 2. The van der Waals surface area contributed by atoms with Crippen LogP contribution in [0, 0.1) is 11.3 Å². The van der Waals surface area contributed by atoms with Gasteiger partial charge in [-0.15, -0.1) is 0 Å². The summed E-state index contributed by atoms with van der Waals surface area (Å²) in [4.78, 5) is 0. The van der Waals surface area contributed by atoms with Crippen molar-refractivity contribution in [2.75, 3.05) is 0 Å². The van der Waals surface area contributed by atoms with Crippen LogP contribution in [0.3, 0.4) is 0 Å². The molecule has 3 aliphatic rings. The molecule has 1 spiro atoms. The first-order valence-electron chi connectivity index (χ1n) is 3.63. The highest BCUT2D eigenvalue weighted by Crippen LogP contribution is 2.69. The van der Waals surface area contributed by atoms with Crippen molar-refractivity contribution in [2.24, 2.45) is 11.3 Å². The third-order valence-electron chi connectivity index (χ3n) is 3.20. The van der Waals surface area contributed by atoms with Gasteiger partial charge >= 0.3 is 0 Å². The summed E-state index contributed by atoms with van der Waals surface area (Å²) in [5.41, 5.74) is 2.67. The van der Waals surface area contributed by atoms with Crippen molar-refractivity contribution in [1.29, 1.82) is 0 Å². The van der Waals surface area contributed by atoms with Gasteiger partial charge in [-0.05, 0) is 30.6 Å². The second-order valence-electron chi connectivity index (χ2n) is 3.57. The maximum Gasteiger partial charge on any atom is -0.000604 e. The Balaban J connectivity index is 1.98. The standard InChI is InChI=1S/C8H10/c1-2-8(3-1)5-6-4-7(6)8/h4,6H,1-3,5H2. The van der Waals surface area contributed by atoms with Crippen LogP contribution in [0.5, 0.6) is 0 Å². The molecular weight excluding hydrogens is 96.1 g/mol. The van der Waals surface area contributed by atoms with Crippen LogP contribution in [0.15, 0.2) is 11.6 Å². The largest absolute Gasteiger partial charge is 0.0769 e. The van der Waals surface area contributed by atoms with Crippen molar-refractivity contribution in [2.45, 2.75) is 25.7 Å². The minimum absolute atomic E-state index is 0.838. The van der Waals surface area contributed by atoms with E-state index in [2.05, 4.69) is 6.08 Å². The minimum Gasteiger partial charge on any atom is -0.0769 e. The van der Waals surface area contributed by atoms with E-state index in [1.54, 1.807) is 0 Å². The molecule has 1 atom stereocenters. The fraction of sp³-hybridized carbons (Fsp3) is 0.750. The molecule has 0 aromatic heterocycles. The first-order chi connectivity index (χ1) is 3.91. The van der Waals surface area contributed by atoms with E-state index in [4.69, 9.17) is 0 Å². The smallest absolute Gasteiger partial charge is 0.000604 e. The average molecular weight is 106 g/mol. The summed E-state index contributed by atoms with van der Waals surface area (Å²) in [6, 6.07) is 0. The lowest BCUT2D eigenvalue weighted by Gasteiger charge is -2.48. The topological polar surface area (TPSA) is 0 Å². The summed E-state index contributed by atoms with van der Waals surface area (Å²) < 4.78 is 0. The molecule has 0 amide bonds. The fourth-order valence-corrected chi connectivity index (χ4v) is 2.41. The van der Waals surface area contributed by atoms with Crippen molar-refractivity contribution in [3.8, 4) is 0 Å². The zero-order chi connectivity index (χ0) is 5.19.